The Morgan fingerprint density at radius 3 is 2.85 bits per heavy atom. The number of amides is 1. The summed E-state index contributed by atoms with van der Waals surface area (Å²) in [6, 6.07) is 7.06. The molecule has 1 unspecified atom stereocenters. The van der Waals surface area contributed by atoms with Gasteiger partial charge in [-0.15, -0.1) is 0 Å². The van der Waals surface area contributed by atoms with Crippen LogP contribution in [0.3, 0.4) is 0 Å². The molecule has 1 saturated carbocycles. The highest BCUT2D eigenvalue weighted by Gasteiger charge is 2.48. The first-order valence-electron chi connectivity index (χ1n) is 7.90. The molecule has 1 amide bonds. The van der Waals surface area contributed by atoms with E-state index in [1.54, 1.807) is 4.90 Å². The molecule has 4 rings (SSSR count). The van der Waals surface area contributed by atoms with Gasteiger partial charge in [0, 0.05) is 18.0 Å². The predicted molar refractivity (Wildman–Crippen MR) is 79.2 cm³/mol. The zero-order chi connectivity index (χ0) is 13.9. The molecule has 2 heterocycles. The second-order valence-electron chi connectivity index (χ2n) is 6.92. The van der Waals surface area contributed by atoms with Crippen LogP contribution in [0.25, 0.3) is 0 Å². The van der Waals surface area contributed by atoms with Gasteiger partial charge < -0.3 is 9.80 Å². The molecule has 3 atom stereocenters. The number of carbonyl (C=O) groups excluding carboxylic acids is 1. The Hall–Kier alpha value is -1.35. The molecule has 0 aromatic heterocycles. The van der Waals surface area contributed by atoms with E-state index >= 15 is 0 Å². The quantitative estimate of drug-likeness (QED) is 0.813. The summed E-state index contributed by atoms with van der Waals surface area (Å²) in [5, 5.41) is 0. The smallest absolute Gasteiger partial charge is 0.230 e. The van der Waals surface area contributed by atoms with Gasteiger partial charge in [0.15, 0.2) is 0 Å². The van der Waals surface area contributed by atoms with Crippen molar-refractivity contribution in [3.05, 3.63) is 29.3 Å². The van der Waals surface area contributed by atoms with Crippen molar-refractivity contribution < 1.29 is 9.69 Å². The van der Waals surface area contributed by atoms with Crippen molar-refractivity contribution in [2.75, 3.05) is 25.0 Å². The third kappa shape index (κ3) is 1.80. The van der Waals surface area contributed by atoms with Gasteiger partial charge in [0.25, 0.3) is 0 Å². The van der Waals surface area contributed by atoms with Crippen molar-refractivity contribution in [1.29, 1.82) is 0 Å². The van der Waals surface area contributed by atoms with Crippen LogP contribution in [0.4, 0.5) is 5.69 Å². The topological polar surface area (TPSA) is 24.8 Å². The molecule has 3 nitrogen and oxygen atoms in total. The monoisotopic (exact) mass is 271 g/mol. The van der Waals surface area contributed by atoms with E-state index < -0.39 is 0 Å². The van der Waals surface area contributed by atoms with Crippen LogP contribution < -0.4 is 9.80 Å². The Morgan fingerprint density at radius 2 is 2.10 bits per heavy atom. The van der Waals surface area contributed by atoms with Crippen molar-refractivity contribution in [2.45, 2.75) is 38.1 Å². The minimum absolute atomic E-state index is 0.315. The molecule has 2 fully saturated rings. The van der Waals surface area contributed by atoms with Gasteiger partial charge in [0.05, 0.1) is 32.1 Å². The fraction of sp³-hybridized carbons (Fsp3) is 0.588. The summed E-state index contributed by atoms with van der Waals surface area (Å²) in [6.07, 6.45) is 3.33. The van der Waals surface area contributed by atoms with E-state index in [0.29, 0.717) is 23.8 Å². The lowest BCUT2D eigenvalue weighted by atomic mass is 9.89. The number of aryl methyl sites for hydroxylation is 1. The Bertz CT molecular complexity index is 564. The highest BCUT2D eigenvalue weighted by atomic mass is 16.2. The molecular weight excluding hydrogens is 248 g/mol. The second kappa shape index (κ2) is 4.32. The summed E-state index contributed by atoms with van der Waals surface area (Å²) < 4.78 is 0. The molecule has 3 aliphatic rings. The van der Waals surface area contributed by atoms with Gasteiger partial charge in [-0.25, -0.2) is 0 Å². The molecule has 2 aliphatic heterocycles. The molecule has 1 saturated heterocycles. The van der Waals surface area contributed by atoms with Gasteiger partial charge in [-0.2, -0.15) is 0 Å². The van der Waals surface area contributed by atoms with Crippen LogP contribution in [0, 0.1) is 12.8 Å². The molecule has 0 radical (unpaired) electrons. The number of piperidine rings is 1. The van der Waals surface area contributed by atoms with Gasteiger partial charge in [0.1, 0.15) is 0 Å². The number of nitrogens with zero attached hydrogens (tertiary/aromatic N) is 1. The Labute approximate surface area is 120 Å². The summed E-state index contributed by atoms with van der Waals surface area (Å²) >= 11 is 0. The first-order chi connectivity index (χ1) is 9.65. The SMILES string of the molecule is Cc1ccc2c(c1)[C@@H]1C[NH+](C)CC[C@@H]1N2C(=O)C1CC1. The number of benzene rings is 1. The molecule has 1 aliphatic carbocycles. The van der Waals surface area contributed by atoms with Crippen molar-refractivity contribution >= 4 is 11.6 Å². The van der Waals surface area contributed by atoms with Crippen molar-refractivity contribution in [2.24, 2.45) is 5.92 Å². The molecule has 106 valence electrons. The molecule has 0 bridgehead atoms. The number of hydrogen-bond acceptors (Lipinski definition) is 1. The number of likely N-dealkylation sites (tertiary alicyclic amines) is 1. The van der Waals surface area contributed by atoms with Gasteiger partial charge in [-0.05, 0) is 31.4 Å². The van der Waals surface area contributed by atoms with Crippen molar-refractivity contribution in [1.82, 2.24) is 0 Å². The molecule has 3 heteroatoms. The Kier molecular flexibility index (Phi) is 2.68. The molecule has 1 N–H and O–H groups in total. The number of carbonyl (C=O) groups is 1. The van der Waals surface area contributed by atoms with Crippen LogP contribution in [0.5, 0.6) is 0 Å². The normalized spacial score (nSPS) is 31.9. The first kappa shape index (κ1) is 12.4. The summed E-state index contributed by atoms with van der Waals surface area (Å²) in [5.74, 6) is 1.25. The van der Waals surface area contributed by atoms with Crippen LogP contribution in [0.15, 0.2) is 18.2 Å². The maximum absolute atomic E-state index is 12.7. The molecular formula is C17H23N2O+. The zero-order valence-electron chi connectivity index (χ0n) is 12.4. The van der Waals surface area contributed by atoms with Crippen LogP contribution >= 0.6 is 0 Å². The maximum Gasteiger partial charge on any atom is 0.230 e. The first-order valence-corrected chi connectivity index (χ1v) is 7.90. The fourth-order valence-corrected chi connectivity index (χ4v) is 4.01. The predicted octanol–water partition coefficient (Wildman–Crippen LogP) is 1.12. The number of fused-ring (bicyclic) bond motifs is 3. The van der Waals surface area contributed by atoms with E-state index in [-0.39, 0.29) is 0 Å². The standard InChI is InChI=1S/C17H22N2O/c1-11-3-6-15-13(9-11)14-10-18(2)8-7-16(14)19(15)17(20)12-4-5-12/h3,6,9,12,14,16H,4-5,7-8,10H2,1-2H3/p+1/t14-,16-/m0/s1. The summed E-state index contributed by atoms with van der Waals surface area (Å²) in [6.45, 7) is 4.50. The lowest BCUT2D eigenvalue weighted by molar-refractivity contribution is -0.886. The van der Waals surface area contributed by atoms with Gasteiger partial charge in [-0.1, -0.05) is 17.7 Å². The molecule has 1 aromatic rings. The summed E-state index contributed by atoms with van der Waals surface area (Å²) in [4.78, 5) is 16.5. The van der Waals surface area contributed by atoms with Crippen LogP contribution in [0.2, 0.25) is 0 Å². The fourth-order valence-electron chi connectivity index (χ4n) is 4.01. The average molecular weight is 271 g/mol. The number of anilines is 1. The molecule has 20 heavy (non-hydrogen) atoms. The number of likely N-dealkylation sites (N-methyl/N-ethyl adjacent to an activating group) is 1. The lowest BCUT2D eigenvalue weighted by Crippen LogP contribution is -3.11. The highest BCUT2D eigenvalue weighted by molar-refractivity contribution is 5.99. The van der Waals surface area contributed by atoms with Gasteiger partial charge in [0.2, 0.25) is 5.91 Å². The van der Waals surface area contributed by atoms with E-state index in [1.807, 2.05) is 0 Å². The third-order valence-electron chi connectivity index (χ3n) is 5.24. The maximum atomic E-state index is 12.7. The number of quaternary nitrogens is 1. The number of nitrogens with one attached hydrogen (secondary N) is 1. The van der Waals surface area contributed by atoms with Gasteiger partial charge >= 0.3 is 0 Å². The van der Waals surface area contributed by atoms with Gasteiger partial charge in [-0.3, -0.25) is 4.79 Å². The Balaban J connectivity index is 1.78. The minimum Gasteiger partial charge on any atom is -0.337 e. The largest absolute Gasteiger partial charge is 0.337 e. The molecule has 1 aromatic carbocycles. The second-order valence-corrected chi connectivity index (χ2v) is 6.92. The van der Waals surface area contributed by atoms with Crippen LogP contribution in [0.1, 0.15) is 36.3 Å². The Morgan fingerprint density at radius 1 is 1.30 bits per heavy atom. The van der Waals surface area contributed by atoms with E-state index in [2.05, 4.69) is 37.1 Å². The number of hydrogen-bond donors (Lipinski definition) is 1. The minimum atomic E-state index is 0.315. The van der Waals surface area contributed by atoms with E-state index in [1.165, 1.54) is 23.4 Å². The van der Waals surface area contributed by atoms with Crippen LogP contribution in [-0.4, -0.2) is 32.1 Å². The number of rotatable bonds is 1. The summed E-state index contributed by atoms with van der Waals surface area (Å²) in [7, 11) is 2.27. The third-order valence-corrected chi connectivity index (χ3v) is 5.24. The van der Waals surface area contributed by atoms with E-state index in [9.17, 15) is 4.79 Å². The van der Waals surface area contributed by atoms with E-state index in [0.717, 1.165) is 25.8 Å². The van der Waals surface area contributed by atoms with Crippen LogP contribution in [-0.2, 0) is 4.79 Å². The summed E-state index contributed by atoms with van der Waals surface area (Å²) in [5.41, 5.74) is 3.94. The van der Waals surface area contributed by atoms with E-state index in [4.69, 9.17) is 0 Å². The average Bonchev–Trinajstić information content (AvgIpc) is 3.22. The van der Waals surface area contributed by atoms with Crippen molar-refractivity contribution in [3.8, 4) is 0 Å². The highest BCUT2D eigenvalue weighted by Crippen LogP contribution is 2.45. The molecule has 0 spiro atoms. The lowest BCUT2D eigenvalue weighted by Gasteiger charge is -2.34. The zero-order valence-corrected chi connectivity index (χ0v) is 12.4. The van der Waals surface area contributed by atoms with Crippen molar-refractivity contribution in [3.63, 3.8) is 0 Å².